The van der Waals surface area contributed by atoms with E-state index in [2.05, 4.69) is 26.4 Å². The van der Waals surface area contributed by atoms with Crippen molar-refractivity contribution in [3.63, 3.8) is 0 Å². The van der Waals surface area contributed by atoms with E-state index in [9.17, 15) is 9.59 Å². The molecule has 0 bridgehead atoms. The van der Waals surface area contributed by atoms with E-state index < -0.39 is 0 Å². The van der Waals surface area contributed by atoms with Crippen LogP contribution in [0.2, 0.25) is 0 Å². The first kappa shape index (κ1) is 16.5. The van der Waals surface area contributed by atoms with Gasteiger partial charge in [0.15, 0.2) is 0 Å². The lowest BCUT2D eigenvalue weighted by molar-refractivity contribution is -0.125. The smallest absolute Gasteiger partial charge is 0.234 e. The molecule has 0 aromatic rings. The van der Waals surface area contributed by atoms with Gasteiger partial charge in [0.2, 0.25) is 11.8 Å². The van der Waals surface area contributed by atoms with E-state index in [1.165, 1.54) is 0 Å². The number of amides is 2. The Hall–Kier alpha value is -1.58. The number of hydrogen-bond donors (Lipinski definition) is 2. The standard InChI is InChI=1S/C14H24N4O2/c1-4-5-15-13(19)10-17-6-8-18(9-7-17)11-14(20)16-12(2)3/h1,12H,5-11H2,2-3H3,(H,15,19)(H,16,20). The van der Waals surface area contributed by atoms with Gasteiger partial charge in [0.25, 0.3) is 0 Å². The summed E-state index contributed by atoms with van der Waals surface area (Å²) in [5.41, 5.74) is 0. The van der Waals surface area contributed by atoms with E-state index in [0.717, 1.165) is 26.2 Å². The first-order valence-electron chi connectivity index (χ1n) is 6.95. The average Bonchev–Trinajstić information content (AvgIpc) is 2.37. The third kappa shape index (κ3) is 6.55. The van der Waals surface area contributed by atoms with Crippen molar-refractivity contribution in [2.75, 3.05) is 45.8 Å². The van der Waals surface area contributed by atoms with E-state index >= 15 is 0 Å². The molecule has 0 spiro atoms. The lowest BCUT2D eigenvalue weighted by Crippen LogP contribution is -2.52. The number of carbonyl (C=O) groups excluding carboxylic acids is 2. The molecule has 20 heavy (non-hydrogen) atoms. The fourth-order valence-electron chi connectivity index (χ4n) is 2.08. The zero-order valence-electron chi connectivity index (χ0n) is 12.3. The summed E-state index contributed by atoms with van der Waals surface area (Å²) in [5, 5.41) is 5.53. The van der Waals surface area contributed by atoms with Crippen LogP contribution in [0.3, 0.4) is 0 Å². The quantitative estimate of drug-likeness (QED) is 0.605. The van der Waals surface area contributed by atoms with Gasteiger partial charge in [-0.15, -0.1) is 6.42 Å². The highest BCUT2D eigenvalue weighted by molar-refractivity contribution is 5.78. The molecule has 1 saturated heterocycles. The molecule has 0 radical (unpaired) electrons. The normalized spacial score (nSPS) is 16.7. The lowest BCUT2D eigenvalue weighted by atomic mass is 10.3. The summed E-state index contributed by atoms with van der Waals surface area (Å²) in [7, 11) is 0. The Labute approximate surface area is 120 Å². The molecule has 0 aromatic heterocycles. The summed E-state index contributed by atoms with van der Waals surface area (Å²) in [6.07, 6.45) is 5.09. The highest BCUT2D eigenvalue weighted by Crippen LogP contribution is 2.01. The minimum Gasteiger partial charge on any atom is -0.353 e. The first-order valence-corrected chi connectivity index (χ1v) is 6.95. The molecule has 6 heteroatoms. The average molecular weight is 280 g/mol. The number of rotatable bonds is 6. The monoisotopic (exact) mass is 280 g/mol. The molecule has 2 N–H and O–H groups in total. The Balaban J connectivity index is 2.21. The Morgan fingerprint density at radius 3 is 2.05 bits per heavy atom. The van der Waals surface area contributed by atoms with Crippen LogP contribution in [0.25, 0.3) is 0 Å². The van der Waals surface area contributed by atoms with Gasteiger partial charge in [-0.2, -0.15) is 0 Å². The fraction of sp³-hybridized carbons (Fsp3) is 0.714. The van der Waals surface area contributed by atoms with E-state index in [4.69, 9.17) is 6.42 Å². The van der Waals surface area contributed by atoms with E-state index in [0.29, 0.717) is 13.1 Å². The molecule has 0 unspecified atom stereocenters. The second kappa shape index (κ2) is 8.56. The maximum absolute atomic E-state index is 11.6. The number of hydrogen-bond acceptors (Lipinski definition) is 4. The molecule has 6 nitrogen and oxygen atoms in total. The van der Waals surface area contributed by atoms with Crippen LogP contribution in [0.1, 0.15) is 13.8 Å². The van der Waals surface area contributed by atoms with Crippen LogP contribution < -0.4 is 10.6 Å². The lowest BCUT2D eigenvalue weighted by Gasteiger charge is -2.33. The van der Waals surface area contributed by atoms with Gasteiger partial charge in [-0.25, -0.2) is 0 Å². The Kier molecular flexibility index (Phi) is 7.05. The summed E-state index contributed by atoms with van der Waals surface area (Å²) < 4.78 is 0. The summed E-state index contributed by atoms with van der Waals surface area (Å²) in [6, 6.07) is 0.170. The maximum atomic E-state index is 11.6. The van der Waals surface area contributed by atoms with Crippen LogP contribution >= 0.6 is 0 Å². The van der Waals surface area contributed by atoms with Crippen molar-refractivity contribution in [3.8, 4) is 12.3 Å². The zero-order valence-corrected chi connectivity index (χ0v) is 12.3. The molecular weight excluding hydrogens is 256 g/mol. The molecule has 1 aliphatic heterocycles. The molecule has 0 aromatic carbocycles. The molecule has 1 fully saturated rings. The van der Waals surface area contributed by atoms with Crippen LogP contribution in [-0.2, 0) is 9.59 Å². The summed E-state index contributed by atoms with van der Waals surface area (Å²) >= 11 is 0. The highest BCUT2D eigenvalue weighted by Gasteiger charge is 2.20. The number of nitrogens with zero attached hydrogens (tertiary/aromatic N) is 2. The van der Waals surface area contributed by atoms with Gasteiger partial charge in [-0.05, 0) is 13.8 Å². The highest BCUT2D eigenvalue weighted by atomic mass is 16.2. The number of nitrogens with one attached hydrogen (secondary N) is 2. The van der Waals surface area contributed by atoms with Crippen molar-refractivity contribution in [1.29, 1.82) is 0 Å². The van der Waals surface area contributed by atoms with Crippen molar-refractivity contribution in [2.24, 2.45) is 0 Å². The molecule has 0 atom stereocenters. The Morgan fingerprint density at radius 2 is 1.60 bits per heavy atom. The molecule has 2 amide bonds. The summed E-state index contributed by atoms with van der Waals surface area (Å²) in [6.45, 7) is 8.14. The van der Waals surface area contributed by atoms with E-state index in [1.807, 2.05) is 13.8 Å². The van der Waals surface area contributed by atoms with Gasteiger partial charge in [-0.3, -0.25) is 19.4 Å². The third-order valence-electron chi connectivity index (χ3n) is 3.04. The number of piperazine rings is 1. The van der Waals surface area contributed by atoms with Gasteiger partial charge in [0.05, 0.1) is 19.6 Å². The first-order chi connectivity index (χ1) is 9.51. The Bertz CT molecular complexity index is 368. The molecule has 0 saturated carbocycles. The molecule has 1 heterocycles. The van der Waals surface area contributed by atoms with E-state index in [1.54, 1.807) is 0 Å². The fourth-order valence-corrected chi connectivity index (χ4v) is 2.08. The SMILES string of the molecule is C#CCNC(=O)CN1CCN(CC(=O)NC(C)C)CC1. The van der Waals surface area contributed by atoms with Crippen molar-refractivity contribution in [1.82, 2.24) is 20.4 Å². The number of terminal acetylenes is 1. The third-order valence-corrected chi connectivity index (χ3v) is 3.04. The molecule has 0 aliphatic carbocycles. The van der Waals surface area contributed by atoms with Crippen LogP contribution in [0, 0.1) is 12.3 Å². The van der Waals surface area contributed by atoms with E-state index in [-0.39, 0.29) is 24.4 Å². The van der Waals surface area contributed by atoms with Gasteiger partial charge in [-0.1, -0.05) is 5.92 Å². The largest absolute Gasteiger partial charge is 0.353 e. The second-order valence-electron chi connectivity index (χ2n) is 5.26. The van der Waals surface area contributed by atoms with Gasteiger partial charge >= 0.3 is 0 Å². The molecule has 1 aliphatic rings. The zero-order chi connectivity index (χ0) is 15.0. The molecule has 1 rings (SSSR count). The van der Waals surface area contributed by atoms with Crippen LogP contribution in [0.5, 0.6) is 0 Å². The minimum absolute atomic E-state index is 0.0473. The van der Waals surface area contributed by atoms with Crippen LogP contribution in [-0.4, -0.2) is 73.5 Å². The molecular formula is C14H24N4O2. The van der Waals surface area contributed by atoms with Crippen molar-refractivity contribution in [2.45, 2.75) is 19.9 Å². The van der Waals surface area contributed by atoms with Crippen LogP contribution in [0.4, 0.5) is 0 Å². The minimum atomic E-state index is -0.0473. The predicted molar refractivity (Wildman–Crippen MR) is 78.0 cm³/mol. The van der Waals surface area contributed by atoms with Gasteiger partial charge < -0.3 is 10.6 Å². The van der Waals surface area contributed by atoms with Crippen molar-refractivity contribution >= 4 is 11.8 Å². The number of carbonyl (C=O) groups is 2. The topological polar surface area (TPSA) is 64.7 Å². The van der Waals surface area contributed by atoms with Crippen molar-refractivity contribution in [3.05, 3.63) is 0 Å². The predicted octanol–water partition coefficient (Wildman–Crippen LogP) is -1.12. The Morgan fingerprint density at radius 1 is 1.10 bits per heavy atom. The second-order valence-corrected chi connectivity index (χ2v) is 5.26. The van der Waals surface area contributed by atoms with Crippen LogP contribution in [0.15, 0.2) is 0 Å². The summed E-state index contributed by atoms with van der Waals surface area (Å²) in [5.74, 6) is 2.39. The molecule has 112 valence electrons. The maximum Gasteiger partial charge on any atom is 0.234 e. The van der Waals surface area contributed by atoms with Gasteiger partial charge in [0, 0.05) is 32.2 Å². The summed E-state index contributed by atoms with van der Waals surface area (Å²) in [4.78, 5) is 27.4. The van der Waals surface area contributed by atoms with Crippen molar-refractivity contribution < 1.29 is 9.59 Å². The van der Waals surface area contributed by atoms with Gasteiger partial charge in [0.1, 0.15) is 0 Å².